The second-order valence-corrected chi connectivity index (χ2v) is 6.52. The summed E-state index contributed by atoms with van der Waals surface area (Å²) >= 11 is 0. The molecule has 2 N–H and O–H groups in total. The van der Waals surface area contributed by atoms with Crippen LogP contribution in [0, 0.1) is 0 Å². The molecule has 0 saturated heterocycles. The van der Waals surface area contributed by atoms with E-state index in [1.807, 2.05) is 42.5 Å². The van der Waals surface area contributed by atoms with E-state index in [0.29, 0.717) is 13.0 Å². The molecule has 1 amide bonds. The predicted molar refractivity (Wildman–Crippen MR) is 102 cm³/mol. The van der Waals surface area contributed by atoms with Gasteiger partial charge in [0.2, 0.25) is 5.91 Å². The minimum Gasteiger partial charge on any atom is -0.423 e. The number of carbonyl (C=O) groups excluding carboxylic acids is 1. The third-order valence-corrected chi connectivity index (χ3v) is 4.63. The largest absolute Gasteiger partial charge is 0.491 e. The Kier molecular flexibility index (Phi) is 4.69. The number of rotatable bonds is 3. The van der Waals surface area contributed by atoms with E-state index >= 15 is 0 Å². The lowest BCUT2D eigenvalue weighted by Crippen LogP contribution is -2.34. The molecule has 130 valence electrons. The first-order valence-corrected chi connectivity index (χ1v) is 8.74. The van der Waals surface area contributed by atoms with E-state index in [2.05, 4.69) is 10.3 Å². The molecule has 0 spiro atoms. The van der Waals surface area contributed by atoms with Crippen LogP contribution in [0.5, 0.6) is 0 Å². The number of hydrogen-bond acceptors (Lipinski definition) is 4. The third kappa shape index (κ3) is 3.61. The van der Waals surface area contributed by atoms with Gasteiger partial charge in [0.25, 0.3) is 0 Å². The Bertz CT molecular complexity index is 961. The fourth-order valence-electron chi connectivity index (χ4n) is 3.33. The molecule has 1 aliphatic rings. The lowest BCUT2D eigenvalue weighted by Gasteiger charge is -2.11. The molecule has 26 heavy (non-hydrogen) atoms. The Balaban J connectivity index is 1.48. The van der Waals surface area contributed by atoms with Crippen LogP contribution in [0.2, 0.25) is 0 Å². The van der Waals surface area contributed by atoms with Crippen molar-refractivity contribution in [3.8, 4) is 0 Å². The quantitative estimate of drug-likeness (QED) is 0.713. The molecule has 4 rings (SSSR count). The zero-order valence-corrected chi connectivity index (χ0v) is 14.3. The van der Waals surface area contributed by atoms with Crippen molar-refractivity contribution in [2.45, 2.75) is 19.3 Å². The molecule has 2 aromatic carbocycles. The minimum absolute atomic E-state index is 0.0659. The van der Waals surface area contributed by atoms with Crippen LogP contribution >= 0.6 is 0 Å². The van der Waals surface area contributed by atoms with Crippen molar-refractivity contribution < 1.29 is 14.5 Å². The van der Waals surface area contributed by atoms with Crippen molar-refractivity contribution in [1.29, 1.82) is 0 Å². The van der Waals surface area contributed by atoms with Gasteiger partial charge in [-0.05, 0) is 53.0 Å². The number of pyridine rings is 1. The molecule has 5 nitrogen and oxygen atoms in total. The number of amides is 1. The van der Waals surface area contributed by atoms with Gasteiger partial charge >= 0.3 is 7.12 Å². The summed E-state index contributed by atoms with van der Waals surface area (Å²) < 4.78 is 5.34. The van der Waals surface area contributed by atoms with E-state index in [9.17, 15) is 9.82 Å². The summed E-state index contributed by atoms with van der Waals surface area (Å²) in [4.78, 5) is 16.5. The molecule has 0 saturated carbocycles. The summed E-state index contributed by atoms with van der Waals surface area (Å²) in [5.41, 5.74) is 3.56. The summed E-state index contributed by atoms with van der Waals surface area (Å²) in [6, 6.07) is 13.4. The summed E-state index contributed by atoms with van der Waals surface area (Å²) in [5.74, 6) is -0.0659. The van der Waals surface area contributed by atoms with Crippen molar-refractivity contribution in [3.63, 3.8) is 0 Å². The molecule has 1 aromatic heterocycles. The van der Waals surface area contributed by atoms with Crippen LogP contribution < -0.4 is 10.8 Å². The van der Waals surface area contributed by atoms with E-state index in [1.165, 1.54) is 0 Å². The Hall–Kier alpha value is -2.70. The SMILES string of the molecule is O=C(Cc1ccc2c(c1)CCCOB2O)Nc1ccc2cnccc2c1. The van der Waals surface area contributed by atoms with Gasteiger partial charge in [0.05, 0.1) is 6.42 Å². The average Bonchev–Trinajstić information content (AvgIpc) is 2.83. The fourth-order valence-corrected chi connectivity index (χ4v) is 3.33. The van der Waals surface area contributed by atoms with E-state index in [1.54, 1.807) is 12.4 Å². The van der Waals surface area contributed by atoms with Crippen LogP contribution in [0.15, 0.2) is 54.9 Å². The third-order valence-electron chi connectivity index (χ3n) is 4.63. The van der Waals surface area contributed by atoms with E-state index in [0.717, 1.165) is 45.9 Å². The van der Waals surface area contributed by atoms with Gasteiger partial charge in [0, 0.05) is 30.1 Å². The number of aryl methyl sites for hydroxylation is 1. The minimum atomic E-state index is -0.873. The Morgan fingerprint density at radius 3 is 3.04 bits per heavy atom. The molecule has 6 heteroatoms. The highest BCUT2D eigenvalue weighted by molar-refractivity contribution is 6.60. The Morgan fingerprint density at radius 2 is 2.12 bits per heavy atom. The first-order valence-electron chi connectivity index (χ1n) is 8.74. The predicted octanol–water partition coefficient (Wildman–Crippen LogP) is 2.07. The van der Waals surface area contributed by atoms with Gasteiger partial charge in [0.1, 0.15) is 0 Å². The van der Waals surface area contributed by atoms with Crippen LogP contribution in [0.25, 0.3) is 10.8 Å². The number of benzene rings is 2. The number of aromatic nitrogens is 1. The second-order valence-electron chi connectivity index (χ2n) is 6.52. The second kappa shape index (κ2) is 7.27. The maximum atomic E-state index is 12.4. The fraction of sp³-hybridized carbons (Fsp3) is 0.200. The molecule has 0 atom stereocenters. The molecular formula is C20H19BN2O3. The highest BCUT2D eigenvalue weighted by Crippen LogP contribution is 2.18. The maximum Gasteiger partial charge on any atom is 0.491 e. The maximum absolute atomic E-state index is 12.4. The van der Waals surface area contributed by atoms with Crippen molar-refractivity contribution in [2.24, 2.45) is 0 Å². The average molecular weight is 346 g/mol. The highest BCUT2D eigenvalue weighted by atomic mass is 16.5. The molecule has 1 aliphatic heterocycles. The van der Waals surface area contributed by atoms with Gasteiger partial charge in [-0.2, -0.15) is 0 Å². The van der Waals surface area contributed by atoms with Crippen molar-refractivity contribution in [3.05, 3.63) is 66.0 Å². The van der Waals surface area contributed by atoms with Gasteiger partial charge in [0.15, 0.2) is 0 Å². The summed E-state index contributed by atoms with van der Waals surface area (Å²) in [6.45, 7) is 0.545. The van der Waals surface area contributed by atoms with E-state index in [4.69, 9.17) is 4.65 Å². The normalized spacial score (nSPS) is 14.0. The van der Waals surface area contributed by atoms with Crippen LogP contribution in [-0.4, -0.2) is 29.6 Å². The lowest BCUT2D eigenvalue weighted by atomic mass is 9.75. The number of anilines is 1. The highest BCUT2D eigenvalue weighted by Gasteiger charge is 2.23. The zero-order valence-electron chi connectivity index (χ0n) is 14.3. The molecule has 0 radical (unpaired) electrons. The number of carbonyl (C=O) groups is 1. The Morgan fingerprint density at radius 1 is 1.19 bits per heavy atom. The number of hydrogen-bond donors (Lipinski definition) is 2. The van der Waals surface area contributed by atoms with Crippen LogP contribution in [0.3, 0.4) is 0 Å². The summed E-state index contributed by atoms with van der Waals surface area (Å²) in [5, 5.41) is 15.0. The topological polar surface area (TPSA) is 71.5 Å². The van der Waals surface area contributed by atoms with Crippen LogP contribution in [0.1, 0.15) is 17.5 Å². The van der Waals surface area contributed by atoms with Crippen LogP contribution in [0.4, 0.5) is 5.69 Å². The van der Waals surface area contributed by atoms with Crippen LogP contribution in [-0.2, 0) is 22.3 Å². The van der Waals surface area contributed by atoms with E-state index < -0.39 is 7.12 Å². The summed E-state index contributed by atoms with van der Waals surface area (Å²) in [6.07, 6.45) is 5.54. The number of nitrogens with zero attached hydrogens (tertiary/aromatic N) is 1. The standard InChI is InChI=1S/C20H19BN2O3/c24-20(23-18-5-4-17-13-22-8-7-15(17)12-18)11-14-3-6-19-16(10-14)2-1-9-26-21(19)25/h3-8,10,12-13,25H,1-2,9,11H2,(H,23,24). The monoisotopic (exact) mass is 346 g/mol. The molecule has 0 fully saturated rings. The zero-order chi connectivity index (χ0) is 17.9. The molecule has 2 heterocycles. The molecule has 0 aliphatic carbocycles. The first kappa shape index (κ1) is 16.8. The number of nitrogens with one attached hydrogen (secondary N) is 1. The molecule has 0 bridgehead atoms. The van der Waals surface area contributed by atoms with Gasteiger partial charge in [-0.25, -0.2) is 0 Å². The van der Waals surface area contributed by atoms with Gasteiger partial charge in [-0.15, -0.1) is 0 Å². The smallest absolute Gasteiger partial charge is 0.423 e. The van der Waals surface area contributed by atoms with Gasteiger partial charge in [-0.3, -0.25) is 9.78 Å². The Labute approximate surface area is 152 Å². The van der Waals surface area contributed by atoms with Crippen molar-refractivity contribution >= 4 is 34.9 Å². The first-order chi connectivity index (χ1) is 12.7. The summed E-state index contributed by atoms with van der Waals surface area (Å²) in [7, 11) is -0.873. The molecule has 0 unspecified atom stereocenters. The van der Waals surface area contributed by atoms with Crippen molar-refractivity contribution in [2.75, 3.05) is 11.9 Å². The van der Waals surface area contributed by atoms with Gasteiger partial charge in [-0.1, -0.05) is 24.3 Å². The molecular weight excluding hydrogens is 327 g/mol. The van der Waals surface area contributed by atoms with Gasteiger partial charge < -0.3 is 15.0 Å². The number of fused-ring (bicyclic) bond motifs is 2. The van der Waals surface area contributed by atoms with Crippen molar-refractivity contribution in [1.82, 2.24) is 4.98 Å². The van der Waals surface area contributed by atoms with E-state index in [-0.39, 0.29) is 5.91 Å². The molecule has 3 aromatic rings. The lowest BCUT2D eigenvalue weighted by molar-refractivity contribution is -0.115.